The molecule has 4 rings (SSSR count). The average Bonchev–Trinajstić information content (AvgIpc) is 2.63. The van der Waals surface area contributed by atoms with Crippen molar-refractivity contribution in [3.8, 4) is 0 Å². The van der Waals surface area contributed by atoms with Crippen molar-refractivity contribution in [2.45, 2.75) is 69.9 Å². The summed E-state index contributed by atoms with van der Waals surface area (Å²) >= 11 is 0. The molecule has 0 spiro atoms. The van der Waals surface area contributed by atoms with Crippen LogP contribution < -0.4 is 11.3 Å². The maximum Gasteiger partial charge on any atom is 0.293 e. The Hall–Kier alpha value is -1.88. The number of fused-ring (bicyclic) bond motifs is 1. The first-order valence-electron chi connectivity index (χ1n) is 10.2. The van der Waals surface area contributed by atoms with Gasteiger partial charge < -0.3 is 15.2 Å². The van der Waals surface area contributed by atoms with Crippen molar-refractivity contribution in [2.75, 3.05) is 18.8 Å². The van der Waals surface area contributed by atoms with E-state index in [1.54, 1.807) is 0 Å². The van der Waals surface area contributed by atoms with Crippen molar-refractivity contribution in [1.29, 1.82) is 0 Å². The van der Waals surface area contributed by atoms with Crippen LogP contribution in [0.2, 0.25) is 0 Å². The van der Waals surface area contributed by atoms with Crippen molar-refractivity contribution < 1.29 is 0 Å². The van der Waals surface area contributed by atoms with Crippen LogP contribution in [0.5, 0.6) is 0 Å². The summed E-state index contributed by atoms with van der Waals surface area (Å²) in [6, 6.07) is 8.81. The number of para-hydroxylation sites is 2. The van der Waals surface area contributed by atoms with Crippen LogP contribution in [0.3, 0.4) is 0 Å². The molecule has 2 fully saturated rings. The molecule has 1 saturated heterocycles. The molecule has 0 atom stereocenters. The zero-order valence-corrected chi connectivity index (χ0v) is 15.6. The number of piperidine rings is 1. The van der Waals surface area contributed by atoms with Gasteiger partial charge in [-0.25, -0.2) is 4.98 Å². The van der Waals surface area contributed by atoms with Gasteiger partial charge in [-0.1, -0.05) is 44.2 Å². The maximum absolute atomic E-state index is 12.7. The molecule has 1 saturated carbocycles. The highest BCUT2D eigenvalue weighted by molar-refractivity contribution is 5.76. The number of nitrogen functional groups attached to an aromatic ring is 1. The van der Waals surface area contributed by atoms with Crippen molar-refractivity contribution in [1.82, 2.24) is 14.5 Å². The summed E-state index contributed by atoms with van der Waals surface area (Å²) < 4.78 is 1.91. The van der Waals surface area contributed by atoms with E-state index in [2.05, 4.69) is 9.88 Å². The summed E-state index contributed by atoms with van der Waals surface area (Å²) in [4.78, 5) is 19.7. The first-order valence-corrected chi connectivity index (χ1v) is 10.2. The number of nitrogens with two attached hydrogens (primary N) is 1. The first kappa shape index (κ1) is 17.5. The lowest BCUT2D eigenvalue weighted by molar-refractivity contribution is 0.116. The van der Waals surface area contributed by atoms with Crippen LogP contribution in [0.4, 0.5) is 5.82 Å². The van der Waals surface area contributed by atoms with Crippen LogP contribution >= 0.6 is 0 Å². The smallest absolute Gasteiger partial charge is 0.293 e. The Morgan fingerprint density at radius 2 is 1.54 bits per heavy atom. The highest BCUT2D eigenvalue weighted by Gasteiger charge is 2.27. The van der Waals surface area contributed by atoms with Crippen molar-refractivity contribution in [3.05, 3.63) is 34.6 Å². The number of likely N-dealkylation sites (tertiary alicyclic amines) is 1. The zero-order chi connectivity index (χ0) is 17.9. The lowest BCUT2D eigenvalue weighted by atomic mass is 9.93. The van der Waals surface area contributed by atoms with Crippen LogP contribution in [0.25, 0.3) is 11.0 Å². The molecule has 2 aliphatic rings. The topological polar surface area (TPSA) is 64.2 Å². The van der Waals surface area contributed by atoms with Gasteiger partial charge in [0.1, 0.15) is 0 Å². The molecule has 1 aliphatic heterocycles. The highest BCUT2D eigenvalue weighted by Crippen LogP contribution is 2.29. The predicted molar refractivity (Wildman–Crippen MR) is 106 cm³/mol. The SMILES string of the molecule is Nc1nc2ccccc2n(C2CCN(C3CCCCCCC3)CC2)c1=O. The van der Waals surface area contributed by atoms with Gasteiger partial charge >= 0.3 is 0 Å². The summed E-state index contributed by atoms with van der Waals surface area (Å²) in [5.41, 5.74) is 7.51. The first-order chi connectivity index (χ1) is 12.7. The molecule has 2 heterocycles. The van der Waals surface area contributed by atoms with E-state index in [0.29, 0.717) is 0 Å². The average molecular weight is 354 g/mol. The van der Waals surface area contributed by atoms with Gasteiger partial charge in [-0.3, -0.25) is 4.79 Å². The Morgan fingerprint density at radius 1 is 0.885 bits per heavy atom. The highest BCUT2D eigenvalue weighted by atomic mass is 16.1. The third-order valence-electron chi connectivity index (χ3n) is 6.28. The molecule has 140 valence electrons. The maximum atomic E-state index is 12.7. The molecule has 1 aromatic heterocycles. The summed E-state index contributed by atoms with van der Waals surface area (Å²) in [6.45, 7) is 2.16. The fourth-order valence-electron chi connectivity index (χ4n) is 4.84. The van der Waals surface area contributed by atoms with E-state index in [1.807, 2.05) is 28.8 Å². The van der Waals surface area contributed by atoms with Gasteiger partial charge in [-0.05, 0) is 37.8 Å². The van der Waals surface area contributed by atoms with Gasteiger partial charge in [0.05, 0.1) is 11.0 Å². The number of rotatable bonds is 2. The standard InChI is InChI=1S/C21H30N4O/c22-20-21(26)25(19-11-7-6-10-18(19)23-20)17-12-14-24(15-13-17)16-8-4-2-1-3-5-9-16/h6-7,10-11,16-17H,1-5,8-9,12-15H2,(H2,22,23). The van der Waals surface area contributed by atoms with Crippen molar-refractivity contribution >= 4 is 16.9 Å². The molecule has 1 aliphatic carbocycles. The van der Waals surface area contributed by atoms with Crippen LogP contribution in [-0.4, -0.2) is 33.6 Å². The fourth-order valence-corrected chi connectivity index (χ4v) is 4.84. The Balaban J connectivity index is 1.52. The summed E-state index contributed by atoms with van der Waals surface area (Å²) in [6.07, 6.45) is 11.7. The third-order valence-corrected chi connectivity index (χ3v) is 6.28. The molecule has 0 unspecified atom stereocenters. The second-order valence-corrected chi connectivity index (χ2v) is 7.93. The number of hydrogen-bond donors (Lipinski definition) is 1. The van der Waals surface area contributed by atoms with Gasteiger partial charge in [0.15, 0.2) is 5.82 Å². The van der Waals surface area contributed by atoms with Crippen molar-refractivity contribution in [3.63, 3.8) is 0 Å². The van der Waals surface area contributed by atoms with E-state index in [0.717, 1.165) is 43.0 Å². The molecule has 5 nitrogen and oxygen atoms in total. The van der Waals surface area contributed by atoms with E-state index < -0.39 is 0 Å². The van der Waals surface area contributed by atoms with E-state index in [9.17, 15) is 4.79 Å². The Kier molecular flexibility index (Phi) is 5.25. The molecular weight excluding hydrogens is 324 g/mol. The predicted octanol–water partition coefficient (Wildman–Crippen LogP) is 3.73. The van der Waals surface area contributed by atoms with Crippen LogP contribution in [0.1, 0.15) is 63.8 Å². The van der Waals surface area contributed by atoms with E-state index in [-0.39, 0.29) is 17.4 Å². The summed E-state index contributed by atoms with van der Waals surface area (Å²) in [7, 11) is 0. The Labute approximate surface area is 155 Å². The summed E-state index contributed by atoms with van der Waals surface area (Å²) in [5.74, 6) is 0.117. The van der Waals surface area contributed by atoms with E-state index in [1.165, 1.54) is 44.9 Å². The fraction of sp³-hybridized carbons (Fsp3) is 0.619. The number of anilines is 1. The second-order valence-electron chi connectivity index (χ2n) is 7.93. The van der Waals surface area contributed by atoms with E-state index >= 15 is 0 Å². The summed E-state index contributed by atoms with van der Waals surface area (Å²) in [5, 5.41) is 0. The normalized spacial score (nSPS) is 21.5. The number of hydrogen-bond acceptors (Lipinski definition) is 4. The largest absolute Gasteiger partial charge is 0.379 e. The van der Waals surface area contributed by atoms with Crippen LogP contribution in [0.15, 0.2) is 29.1 Å². The minimum absolute atomic E-state index is 0.117. The van der Waals surface area contributed by atoms with Crippen molar-refractivity contribution in [2.24, 2.45) is 0 Å². The molecule has 0 amide bonds. The molecule has 5 heteroatoms. The molecule has 0 bridgehead atoms. The minimum atomic E-state index is -0.131. The van der Waals surface area contributed by atoms with Gasteiger partial charge in [0.25, 0.3) is 5.56 Å². The molecule has 26 heavy (non-hydrogen) atoms. The molecular formula is C21H30N4O. The molecule has 0 radical (unpaired) electrons. The minimum Gasteiger partial charge on any atom is -0.379 e. The number of aromatic nitrogens is 2. The van der Waals surface area contributed by atoms with Gasteiger partial charge in [-0.2, -0.15) is 0 Å². The zero-order valence-electron chi connectivity index (χ0n) is 15.6. The third kappa shape index (κ3) is 3.50. The van der Waals surface area contributed by atoms with Crippen LogP contribution in [-0.2, 0) is 0 Å². The lowest BCUT2D eigenvalue weighted by Gasteiger charge is -2.39. The Morgan fingerprint density at radius 3 is 2.27 bits per heavy atom. The van der Waals surface area contributed by atoms with Gasteiger partial charge in [-0.15, -0.1) is 0 Å². The lowest BCUT2D eigenvalue weighted by Crippen LogP contribution is -2.43. The quantitative estimate of drug-likeness (QED) is 0.892. The Bertz CT molecular complexity index is 799. The molecule has 2 N–H and O–H groups in total. The van der Waals surface area contributed by atoms with Crippen LogP contribution in [0, 0.1) is 0 Å². The van der Waals surface area contributed by atoms with Gasteiger partial charge in [0, 0.05) is 25.2 Å². The number of nitrogens with zero attached hydrogens (tertiary/aromatic N) is 3. The second kappa shape index (κ2) is 7.78. The molecule has 1 aromatic carbocycles. The monoisotopic (exact) mass is 354 g/mol. The number of benzene rings is 1. The molecule has 2 aromatic rings. The van der Waals surface area contributed by atoms with E-state index in [4.69, 9.17) is 5.73 Å². The van der Waals surface area contributed by atoms with Gasteiger partial charge in [0.2, 0.25) is 0 Å².